The molecule has 0 saturated carbocycles. The molecule has 4 rings (SSSR count). The molecule has 2 amide bonds. The maximum Gasteiger partial charge on any atom is 0.309 e. The van der Waals surface area contributed by atoms with Crippen LogP contribution in [0.2, 0.25) is 0 Å². The number of hydrogen-bond acceptors (Lipinski definition) is 3. The third-order valence-corrected chi connectivity index (χ3v) is 5.70. The zero-order valence-corrected chi connectivity index (χ0v) is 17.3. The Balaban J connectivity index is 1.65. The second-order valence-electron chi connectivity index (χ2n) is 8.05. The number of primary amides is 1. The van der Waals surface area contributed by atoms with Gasteiger partial charge in [0.15, 0.2) is 0 Å². The standard InChI is InChI=1S/C24H26N4O2/c1-15-5-3-7-18(11-15)19-8-4-6-17(12-19)13-20-21(27-24(30)22(25)29)9-10-28-14-16(2)26-23(20)28/h3-8,11-12,14,20-21H,9-10,13H2,1-2H3,(H2,25,29)(H,27,30)/t20-,21-/m0/s1. The first kappa shape index (κ1) is 19.9. The summed E-state index contributed by atoms with van der Waals surface area (Å²) in [4.78, 5) is 28.0. The number of benzene rings is 2. The van der Waals surface area contributed by atoms with Gasteiger partial charge in [0.1, 0.15) is 5.82 Å². The molecule has 6 heteroatoms. The van der Waals surface area contributed by atoms with E-state index in [9.17, 15) is 9.59 Å². The first-order valence-corrected chi connectivity index (χ1v) is 10.2. The number of aryl methyl sites for hydroxylation is 3. The fourth-order valence-electron chi connectivity index (χ4n) is 4.30. The van der Waals surface area contributed by atoms with Crippen molar-refractivity contribution in [2.24, 2.45) is 5.73 Å². The predicted molar refractivity (Wildman–Crippen MR) is 116 cm³/mol. The number of hydrogen-bond donors (Lipinski definition) is 2. The van der Waals surface area contributed by atoms with Crippen LogP contribution >= 0.6 is 0 Å². The molecule has 2 aromatic carbocycles. The van der Waals surface area contributed by atoms with Crippen molar-refractivity contribution in [1.29, 1.82) is 0 Å². The Bertz CT molecular complexity index is 1100. The number of nitrogens with one attached hydrogen (secondary N) is 1. The molecular formula is C24H26N4O2. The van der Waals surface area contributed by atoms with E-state index >= 15 is 0 Å². The molecule has 1 aromatic heterocycles. The summed E-state index contributed by atoms with van der Waals surface area (Å²) in [5, 5.41) is 2.83. The average Bonchev–Trinajstić information content (AvgIpc) is 3.10. The third kappa shape index (κ3) is 4.13. The first-order chi connectivity index (χ1) is 14.4. The zero-order valence-electron chi connectivity index (χ0n) is 17.3. The van der Waals surface area contributed by atoms with E-state index < -0.39 is 11.8 Å². The van der Waals surface area contributed by atoms with Crippen LogP contribution < -0.4 is 11.1 Å². The van der Waals surface area contributed by atoms with Crippen molar-refractivity contribution >= 4 is 11.8 Å². The quantitative estimate of drug-likeness (QED) is 0.658. The molecule has 1 aliphatic rings. The maximum atomic E-state index is 12.0. The second kappa shape index (κ2) is 8.14. The molecule has 0 unspecified atom stereocenters. The molecule has 0 spiro atoms. The fourth-order valence-corrected chi connectivity index (χ4v) is 4.30. The molecule has 30 heavy (non-hydrogen) atoms. The van der Waals surface area contributed by atoms with Gasteiger partial charge in [0.05, 0.1) is 5.69 Å². The minimum absolute atomic E-state index is 0.0384. The summed E-state index contributed by atoms with van der Waals surface area (Å²) in [6, 6.07) is 16.7. The van der Waals surface area contributed by atoms with Crippen molar-refractivity contribution in [3.05, 3.63) is 77.4 Å². The van der Waals surface area contributed by atoms with Crippen molar-refractivity contribution in [1.82, 2.24) is 14.9 Å². The summed E-state index contributed by atoms with van der Waals surface area (Å²) >= 11 is 0. The van der Waals surface area contributed by atoms with E-state index in [1.165, 1.54) is 11.1 Å². The Kier molecular flexibility index (Phi) is 5.40. The highest BCUT2D eigenvalue weighted by Crippen LogP contribution is 2.32. The van der Waals surface area contributed by atoms with Crippen LogP contribution in [0.5, 0.6) is 0 Å². The molecule has 1 aliphatic heterocycles. The number of aromatic nitrogens is 2. The van der Waals surface area contributed by atoms with Gasteiger partial charge in [-0.25, -0.2) is 4.98 Å². The van der Waals surface area contributed by atoms with E-state index in [1.54, 1.807) is 0 Å². The minimum Gasteiger partial charge on any atom is -0.361 e. The molecule has 154 valence electrons. The summed E-state index contributed by atoms with van der Waals surface area (Å²) < 4.78 is 2.15. The molecule has 3 aromatic rings. The van der Waals surface area contributed by atoms with E-state index in [1.807, 2.05) is 13.1 Å². The molecule has 3 N–H and O–H groups in total. The Morgan fingerprint density at radius 2 is 1.87 bits per heavy atom. The van der Waals surface area contributed by atoms with Crippen molar-refractivity contribution in [3.63, 3.8) is 0 Å². The largest absolute Gasteiger partial charge is 0.361 e. The van der Waals surface area contributed by atoms with Crippen LogP contribution in [0, 0.1) is 13.8 Å². The van der Waals surface area contributed by atoms with Crippen molar-refractivity contribution in [2.45, 2.75) is 45.2 Å². The van der Waals surface area contributed by atoms with Gasteiger partial charge >= 0.3 is 11.8 Å². The van der Waals surface area contributed by atoms with Crippen molar-refractivity contribution in [3.8, 4) is 11.1 Å². The second-order valence-corrected chi connectivity index (χ2v) is 8.05. The number of rotatable bonds is 4. The molecule has 6 nitrogen and oxygen atoms in total. The predicted octanol–water partition coefficient (Wildman–Crippen LogP) is 2.87. The summed E-state index contributed by atoms with van der Waals surface area (Å²) in [7, 11) is 0. The lowest BCUT2D eigenvalue weighted by molar-refractivity contribution is -0.137. The molecule has 2 heterocycles. The van der Waals surface area contributed by atoms with E-state index in [-0.39, 0.29) is 12.0 Å². The number of imidazole rings is 1. The molecule has 2 atom stereocenters. The van der Waals surface area contributed by atoms with Gasteiger partial charge < -0.3 is 15.6 Å². The van der Waals surface area contributed by atoms with E-state index in [4.69, 9.17) is 10.7 Å². The zero-order chi connectivity index (χ0) is 21.3. The molecule has 0 aliphatic carbocycles. The van der Waals surface area contributed by atoms with Crippen LogP contribution in [-0.4, -0.2) is 27.4 Å². The molecule has 0 fully saturated rings. The van der Waals surface area contributed by atoms with Gasteiger partial charge in [0, 0.05) is 24.7 Å². The molecule has 0 bridgehead atoms. The summed E-state index contributed by atoms with van der Waals surface area (Å²) in [5.74, 6) is -0.798. The van der Waals surface area contributed by atoms with Crippen molar-refractivity contribution in [2.75, 3.05) is 0 Å². The number of fused-ring (bicyclic) bond motifs is 1. The van der Waals surface area contributed by atoms with Gasteiger partial charge in [-0.15, -0.1) is 0 Å². The normalized spacial score (nSPS) is 17.9. The van der Waals surface area contributed by atoms with Gasteiger partial charge in [-0.3, -0.25) is 9.59 Å². The van der Waals surface area contributed by atoms with E-state index in [2.05, 4.69) is 65.3 Å². The van der Waals surface area contributed by atoms with Crippen molar-refractivity contribution < 1.29 is 9.59 Å². The van der Waals surface area contributed by atoms with Crippen LogP contribution in [-0.2, 0) is 22.6 Å². The highest BCUT2D eigenvalue weighted by molar-refractivity contribution is 6.34. The Labute approximate surface area is 176 Å². The Morgan fingerprint density at radius 3 is 2.60 bits per heavy atom. The third-order valence-electron chi connectivity index (χ3n) is 5.70. The number of nitrogens with two attached hydrogens (primary N) is 1. The monoisotopic (exact) mass is 402 g/mol. The highest BCUT2D eigenvalue weighted by Gasteiger charge is 2.33. The van der Waals surface area contributed by atoms with Gasteiger partial charge in [0.2, 0.25) is 0 Å². The fraction of sp³-hybridized carbons (Fsp3) is 0.292. The van der Waals surface area contributed by atoms with E-state index in [0.717, 1.165) is 35.6 Å². The molecular weight excluding hydrogens is 376 g/mol. The number of nitrogens with zero attached hydrogens (tertiary/aromatic N) is 2. The van der Waals surface area contributed by atoms with Crippen LogP contribution in [0.1, 0.15) is 35.0 Å². The topological polar surface area (TPSA) is 90.0 Å². The smallest absolute Gasteiger partial charge is 0.309 e. The Hall–Kier alpha value is -3.41. The lowest BCUT2D eigenvalue weighted by Gasteiger charge is -2.32. The number of amides is 2. The first-order valence-electron chi connectivity index (χ1n) is 10.2. The van der Waals surface area contributed by atoms with Gasteiger partial charge in [-0.1, -0.05) is 54.1 Å². The maximum absolute atomic E-state index is 12.0. The molecule has 0 saturated heterocycles. The SMILES string of the molecule is Cc1cccc(-c2cccc(C[C@@H]3c4nc(C)cn4CC[C@@H]3NC(=O)C(N)=O)c2)c1. The summed E-state index contributed by atoms with van der Waals surface area (Å²) in [6.45, 7) is 4.81. The van der Waals surface area contributed by atoms with Crippen LogP contribution in [0.15, 0.2) is 54.7 Å². The van der Waals surface area contributed by atoms with E-state index in [0.29, 0.717) is 6.42 Å². The van der Waals surface area contributed by atoms with Crippen LogP contribution in [0.4, 0.5) is 0 Å². The van der Waals surface area contributed by atoms with Gasteiger partial charge in [0.25, 0.3) is 0 Å². The summed E-state index contributed by atoms with van der Waals surface area (Å²) in [5.41, 5.74) is 10.8. The molecule has 0 radical (unpaired) electrons. The van der Waals surface area contributed by atoms with Crippen LogP contribution in [0.3, 0.4) is 0 Å². The number of carbonyl (C=O) groups is 2. The average molecular weight is 402 g/mol. The minimum atomic E-state index is -0.958. The van der Waals surface area contributed by atoms with Gasteiger partial charge in [-0.05, 0) is 43.4 Å². The number of carbonyl (C=O) groups excluding carboxylic acids is 2. The lowest BCUT2D eigenvalue weighted by atomic mass is 9.86. The van der Waals surface area contributed by atoms with Crippen LogP contribution in [0.25, 0.3) is 11.1 Å². The Morgan fingerprint density at radius 1 is 1.13 bits per heavy atom. The highest BCUT2D eigenvalue weighted by atomic mass is 16.2. The van der Waals surface area contributed by atoms with Gasteiger partial charge in [-0.2, -0.15) is 0 Å². The summed E-state index contributed by atoms with van der Waals surface area (Å²) in [6.07, 6.45) is 3.47. The lowest BCUT2D eigenvalue weighted by Crippen LogP contribution is -2.48.